The van der Waals surface area contributed by atoms with Gasteiger partial charge in [-0.3, -0.25) is 9.69 Å². The Labute approximate surface area is 93.3 Å². The number of nitrogens with zero attached hydrogens (tertiary/aromatic N) is 1. The number of carboxylic acid groups (broad SMARTS) is 1. The van der Waals surface area contributed by atoms with E-state index in [4.69, 9.17) is 5.11 Å². The molecule has 0 spiro atoms. The van der Waals surface area contributed by atoms with Crippen LogP contribution in [0.15, 0.2) is 16.8 Å². The Morgan fingerprint density at radius 2 is 2.47 bits per heavy atom. The lowest BCUT2D eigenvalue weighted by Gasteiger charge is -2.34. The van der Waals surface area contributed by atoms with Crippen LogP contribution < -0.4 is 0 Å². The molecule has 3 nitrogen and oxygen atoms in total. The summed E-state index contributed by atoms with van der Waals surface area (Å²) >= 11 is 1.68. The zero-order chi connectivity index (χ0) is 10.7. The van der Waals surface area contributed by atoms with Gasteiger partial charge in [0.15, 0.2) is 0 Å². The molecule has 1 fully saturated rings. The van der Waals surface area contributed by atoms with Crippen LogP contribution in [-0.4, -0.2) is 29.1 Å². The predicted molar refractivity (Wildman–Crippen MR) is 60.1 cm³/mol. The van der Waals surface area contributed by atoms with Crippen molar-refractivity contribution in [3.63, 3.8) is 0 Å². The summed E-state index contributed by atoms with van der Waals surface area (Å²) in [5.41, 5.74) is 1.28. The van der Waals surface area contributed by atoms with Gasteiger partial charge in [-0.15, -0.1) is 0 Å². The van der Waals surface area contributed by atoms with Crippen molar-refractivity contribution in [3.05, 3.63) is 22.4 Å². The van der Waals surface area contributed by atoms with Gasteiger partial charge in [0.05, 0.1) is 6.54 Å². The number of likely N-dealkylation sites (tertiary alicyclic amines) is 1. The zero-order valence-corrected chi connectivity index (χ0v) is 9.37. The first-order valence-electron chi connectivity index (χ1n) is 5.25. The maximum Gasteiger partial charge on any atom is 0.317 e. The topological polar surface area (TPSA) is 40.5 Å². The molecule has 82 valence electrons. The lowest BCUT2D eigenvalue weighted by Crippen LogP contribution is -2.37. The maximum absolute atomic E-state index is 10.7. The lowest BCUT2D eigenvalue weighted by atomic mass is 9.97. The van der Waals surface area contributed by atoms with E-state index in [0.29, 0.717) is 6.04 Å². The van der Waals surface area contributed by atoms with Crippen LogP contribution in [0.25, 0.3) is 0 Å². The molecule has 2 heterocycles. The second-order valence-corrected chi connectivity index (χ2v) is 4.71. The highest BCUT2D eigenvalue weighted by Gasteiger charge is 2.25. The summed E-state index contributed by atoms with van der Waals surface area (Å²) in [7, 11) is 0. The lowest BCUT2D eigenvalue weighted by molar-refractivity contribution is -0.139. The zero-order valence-electron chi connectivity index (χ0n) is 8.56. The summed E-state index contributed by atoms with van der Waals surface area (Å²) in [4.78, 5) is 12.8. The van der Waals surface area contributed by atoms with Gasteiger partial charge in [0.2, 0.25) is 0 Å². The normalized spacial score (nSPS) is 22.8. The smallest absolute Gasteiger partial charge is 0.317 e. The van der Waals surface area contributed by atoms with Gasteiger partial charge in [-0.2, -0.15) is 11.3 Å². The largest absolute Gasteiger partial charge is 0.480 e. The van der Waals surface area contributed by atoms with Crippen molar-refractivity contribution in [1.82, 2.24) is 4.90 Å². The van der Waals surface area contributed by atoms with Crippen molar-refractivity contribution < 1.29 is 9.90 Å². The van der Waals surface area contributed by atoms with Crippen LogP contribution in [0, 0.1) is 0 Å². The Morgan fingerprint density at radius 3 is 3.13 bits per heavy atom. The molecule has 4 heteroatoms. The molecule has 1 unspecified atom stereocenters. The van der Waals surface area contributed by atoms with E-state index in [1.54, 1.807) is 11.3 Å². The number of carbonyl (C=O) groups is 1. The van der Waals surface area contributed by atoms with Gasteiger partial charge in [-0.25, -0.2) is 0 Å². The highest BCUT2D eigenvalue weighted by molar-refractivity contribution is 7.07. The van der Waals surface area contributed by atoms with Crippen LogP contribution in [0.4, 0.5) is 0 Å². The number of hydrogen-bond donors (Lipinski definition) is 1. The van der Waals surface area contributed by atoms with Gasteiger partial charge < -0.3 is 5.11 Å². The monoisotopic (exact) mass is 225 g/mol. The van der Waals surface area contributed by atoms with E-state index in [2.05, 4.69) is 21.7 Å². The number of carboxylic acids is 1. The van der Waals surface area contributed by atoms with Crippen LogP contribution >= 0.6 is 11.3 Å². The Bertz CT molecular complexity index is 323. The molecule has 1 aliphatic rings. The number of rotatable bonds is 3. The summed E-state index contributed by atoms with van der Waals surface area (Å²) in [6.45, 7) is 1.08. The van der Waals surface area contributed by atoms with E-state index >= 15 is 0 Å². The third-order valence-corrected chi connectivity index (χ3v) is 3.58. The molecule has 0 radical (unpaired) electrons. The van der Waals surface area contributed by atoms with E-state index in [-0.39, 0.29) is 6.54 Å². The average molecular weight is 225 g/mol. The fraction of sp³-hybridized carbons (Fsp3) is 0.545. The maximum atomic E-state index is 10.7. The van der Waals surface area contributed by atoms with E-state index in [1.807, 2.05) is 0 Å². The minimum Gasteiger partial charge on any atom is -0.480 e. The second-order valence-electron chi connectivity index (χ2n) is 3.93. The molecule has 0 bridgehead atoms. The summed E-state index contributed by atoms with van der Waals surface area (Å²) < 4.78 is 0. The van der Waals surface area contributed by atoms with Crippen molar-refractivity contribution in [1.29, 1.82) is 0 Å². The van der Waals surface area contributed by atoms with Gasteiger partial charge in [-0.05, 0) is 41.8 Å². The van der Waals surface area contributed by atoms with Gasteiger partial charge in [0.1, 0.15) is 0 Å². The third kappa shape index (κ3) is 2.58. The molecule has 1 atom stereocenters. The minimum absolute atomic E-state index is 0.167. The van der Waals surface area contributed by atoms with Crippen LogP contribution in [0.2, 0.25) is 0 Å². The second kappa shape index (κ2) is 4.77. The fourth-order valence-electron chi connectivity index (χ4n) is 2.20. The average Bonchev–Trinajstić information content (AvgIpc) is 2.70. The molecule has 1 aliphatic heterocycles. The number of thiophene rings is 1. The highest BCUT2D eigenvalue weighted by atomic mass is 32.1. The SMILES string of the molecule is O=C(O)CN1CCCCC1c1ccsc1. The van der Waals surface area contributed by atoms with Gasteiger partial charge in [0, 0.05) is 6.04 Å². The first-order valence-corrected chi connectivity index (χ1v) is 6.19. The van der Waals surface area contributed by atoms with Crippen LogP contribution in [-0.2, 0) is 4.79 Å². The van der Waals surface area contributed by atoms with Crippen molar-refractivity contribution in [3.8, 4) is 0 Å². The molecule has 1 aromatic rings. The molecule has 0 amide bonds. The summed E-state index contributed by atoms with van der Waals surface area (Å²) in [5.74, 6) is -0.725. The molecular formula is C11H15NO2S. The van der Waals surface area contributed by atoms with Crippen LogP contribution in [0.1, 0.15) is 30.9 Å². The Morgan fingerprint density at radius 1 is 1.60 bits per heavy atom. The van der Waals surface area contributed by atoms with E-state index < -0.39 is 5.97 Å². The highest BCUT2D eigenvalue weighted by Crippen LogP contribution is 2.31. The minimum atomic E-state index is -0.725. The van der Waals surface area contributed by atoms with Gasteiger partial charge in [0.25, 0.3) is 0 Å². The Kier molecular flexibility index (Phi) is 3.38. The van der Waals surface area contributed by atoms with Crippen LogP contribution in [0.3, 0.4) is 0 Å². The van der Waals surface area contributed by atoms with Crippen LogP contribution in [0.5, 0.6) is 0 Å². The summed E-state index contributed by atoms with van der Waals surface area (Å²) in [5, 5.41) is 13.0. The van der Waals surface area contributed by atoms with Crippen molar-refractivity contribution in [2.24, 2.45) is 0 Å². The van der Waals surface area contributed by atoms with Gasteiger partial charge in [-0.1, -0.05) is 6.42 Å². The predicted octanol–water partition coefficient (Wildman–Crippen LogP) is 2.36. The molecule has 15 heavy (non-hydrogen) atoms. The molecule has 0 aliphatic carbocycles. The molecule has 2 rings (SSSR count). The van der Waals surface area contributed by atoms with Gasteiger partial charge >= 0.3 is 5.97 Å². The molecule has 1 saturated heterocycles. The fourth-order valence-corrected chi connectivity index (χ4v) is 2.90. The number of hydrogen-bond acceptors (Lipinski definition) is 3. The van der Waals surface area contributed by atoms with Crippen molar-refractivity contribution in [2.45, 2.75) is 25.3 Å². The summed E-state index contributed by atoms with van der Waals surface area (Å²) in [6, 6.07) is 2.43. The van der Waals surface area contributed by atoms with E-state index in [0.717, 1.165) is 19.4 Å². The number of aliphatic carboxylic acids is 1. The summed E-state index contributed by atoms with van der Waals surface area (Å²) in [6.07, 6.45) is 3.41. The molecule has 1 aromatic heterocycles. The van der Waals surface area contributed by atoms with Crippen molar-refractivity contribution >= 4 is 17.3 Å². The van der Waals surface area contributed by atoms with E-state index in [9.17, 15) is 4.79 Å². The molecule has 0 saturated carbocycles. The Balaban J connectivity index is 2.09. The Hall–Kier alpha value is -0.870. The number of piperidine rings is 1. The molecule has 1 N–H and O–H groups in total. The first-order chi connectivity index (χ1) is 7.27. The van der Waals surface area contributed by atoms with Crippen molar-refractivity contribution in [2.75, 3.05) is 13.1 Å². The molecule has 0 aromatic carbocycles. The third-order valence-electron chi connectivity index (χ3n) is 2.88. The standard InChI is InChI=1S/C11H15NO2S/c13-11(14)7-12-5-2-1-3-10(12)9-4-6-15-8-9/h4,6,8,10H,1-3,5,7H2,(H,13,14). The molecular weight excluding hydrogens is 210 g/mol. The van der Waals surface area contributed by atoms with E-state index in [1.165, 1.54) is 12.0 Å². The quantitative estimate of drug-likeness (QED) is 0.858. The first kappa shape index (κ1) is 10.6.